The maximum atomic E-state index is 3.48. The molecule has 0 aliphatic heterocycles. The van der Waals surface area contributed by atoms with Gasteiger partial charge in [0.15, 0.2) is 0 Å². The first kappa shape index (κ1) is 14.3. The molecule has 2 aromatic rings. The minimum absolute atomic E-state index is 0.512. The molecular formula is C17H20BrN. The SMILES string of the molecule is Cc1ccc(CNC(C)C)cc1-c1ccc(Br)cc1. The van der Waals surface area contributed by atoms with E-state index in [0.717, 1.165) is 11.0 Å². The van der Waals surface area contributed by atoms with Gasteiger partial charge in [0.2, 0.25) is 0 Å². The monoisotopic (exact) mass is 317 g/mol. The van der Waals surface area contributed by atoms with E-state index >= 15 is 0 Å². The zero-order valence-electron chi connectivity index (χ0n) is 11.7. The topological polar surface area (TPSA) is 12.0 Å². The maximum Gasteiger partial charge on any atom is 0.0208 e. The van der Waals surface area contributed by atoms with Crippen LogP contribution in [0.3, 0.4) is 0 Å². The third kappa shape index (κ3) is 3.92. The smallest absolute Gasteiger partial charge is 0.0208 e. The van der Waals surface area contributed by atoms with Crippen LogP contribution in [0.2, 0.25) is 0 Å². The van der Waals surface area contributed by atoms with Gasteiger partial charge in [-0.25, -0.2) is 0 Å². The van der Waals surface area contributed by atoms with E-state index in [9.17, 15) is 0 Å². The fraction of sp³-hybridized carbons (Fsp3) is 0.294. The van der Waals surface area contributed by atoms with Crippen LogP contribution >= 0.6 is 15.9 Å². The Hall–Kier alpha value is -1.12. The second kappa shape index (κ2) is 6.36. The maximum absolute atomic E-state index is 3.48. The van der Waals surface area contributed by atoms with Crippen LogP contribution in [-0.4, -0.2) is 6.04 Å². The van der Waals surface area contributed by atoms with Crippen molar-refractivity contribution in [3.63, 3.8) is 0 Å². The molecule has 0 aliphatic carbocycles. The van der Waals surface area contributed by atoms with Gasteiger partial charge in [0.05, 0.1) is 0 Å². The average Bonchev–Trinajstić information content (AvgIpc) is 2.39. The van der Waals surface area contributed by atoms with Gasteiger partial charge in [-0.05, 0) is 47.4 Å². The van der Waals surface area contributed by atoms with E-state index in [1.165, 1.54) is 22.3 Å². The third-order valence-electron chi connectivity index (χ3n) is 3.17. The number of nitrogens with one attached hydrogen (secondary N) is 1. The van der Waals surface area contributed by atoms with Crippen LogP contribution in [0.4, 0.5) is 0 Å². The third-order valence-corrected chi connectivity index (χ3v) is 3.70. The number of hydrogen-bond donors (Lipinski definition) is 1. The minimum atomic E-state index is 0.512. The van der Waals surface area contributed by atoms with Crippen molar-refractivity contribution in [3.8, 4) is 11.1 Å². The van der Waals surface area contributed by atoms with E-state index in [-0.39, 0.29) is 0 Å². The largest absolute Gasteiger partial charge is 0.310 e. The highest BCUT2D eigenvalue weighted by Gasteiger charge is 2.04. The summed E-state index contributed by atoms with van der Waals surface area (Å²) in [5.41, 5.74) is 5.23. The van der Waals surface area contributed by atoms with Crippen molar-refractivity contribution >= 4 is 15.9 Å². The van der Waals surface area contributed by atoms with Crippen molar-refractivity contribution in [3.05, 3.63) is 58.1 Å². The molecule has 0 unspecified atom stereocenters. The lowest BCUT2D eigenvalue weighted by molar-refractivity contribution is 0.589. The molecule has 0 heterocycles. The van der Waals surface area contributed by atoms with Crippen LogP contribution in [0.15, 0.2) is 46.9 Å². The van der Waals surface area contributed by atoms with Crippen molar-refractivity contribution in [2.45, 2.75) is 33.4 Å². The Bertz CT molecular complexity index is 544. The molecule has 0 fully saturated rings. The van der Waals surface area contributed by atoms with Crippen molar-refractivity contribution in [1.29, 1.82) is 0 Å². The number of rotatable bonds is 4. The Kier molecular flexibility index (Phi) is 4.78. The molecule has 1 N–H and O–H groups in total. The van der Waals surface area contributed by atoms with E-state index in [2.05, 4.69) is 84.5 Å². The normalized spacial score (nSPS) is 11.0. The van der Waals surface area contributed by atoms with Crippen molar-refractivity contribution < 1.29 is 0 Å². The Morgan fingerprint density at radius 3 is 2.37 bits per heavy atom. The summed E-state index contributed by atoms with van der Waals surface area (Å²) in [6.07, 6.45) is 0. The molecule has 0 aliphatic rings. The van der Waals surface area contributed by atoms with Crippen LogP contribution in [0.25, 0.3) is 11.1 Å². The van der Waals surface area contributed by atoms with Gasteiger partial charge >= 0.3 is 0 Å². The molecule has 2 aromatic carbocycles. The second-order valence-electron chi connectivity index (χ2n) is 5.19. The number of benzene rings is 2. The zero-order chi connectivity index (χ0) is 13.8. The van der Waals surface area contributed by atoms with Crippen LogP contribution in [0.1, 0.15) is 25.0 Å². The molecule has 0 saturated carbocycles. The van der Waals surface area contributed by atoms with Gasteiger partial charge in [-0.1, -0.05) is 54.0 Å². The number of halogens is 1. The Morgan fingerprint density at radius 1 is 1.05 bits per heavy atom. The molecule has 0 atom stereocenters. The van der Waals surface area contributed by atoms with Gasteiger partial charge in [-0.15, -0.1) is 0 Å². The Labute approximate surface area is 124 Å². The van der Waals surface area contributed by atoms with Gasteiger partial charge in [-0.3, -0.25) is 0 Å². The first-order valence-electron chi connectivity index (χ1n) is 6.65. The van der Waals surface area contributed by atoms with Gasteiger partial charge in [0, 0.05) is 17.1 Å². The summed E-state index contributed by atoms with van der Waals surface area (Å²) in [5, 5.41) is 3.46. The van der Waals surface area contributed by atoms with Crippen LogP contribution in [0, 0.1) is 6.92 Å². The van der Waals surface area contributed by atoms with Crippen LogP contribution < -0.4 is 5.32 Å². The first-order valence-corrected chi connectivity index (χ1v) is 7.44. The van der Waals surface area contributed by atoms with Gasteiger partial charge in [0.1, 0.15) is 0 Å². The predicted molar refractivity (Wildman–Crippen MR) is 86.3 cm³/mol. The lowest BCUT2D eigenvalue weighted by Crippen LogP contribution is -2.21. The molecule has 2 heteroatoms. The lowest BCUT2D eigenvalue weighted by Gasteiger charge is -2.12. The predicted octanol–water partition coefficient (Wildman–Crippen LogP) is 4.92. The molecular weight excluding hydrogens is 298 g/mol. The highest BCUT2D eigenvalue weighted by Crippen LogP contribution is 2.26. The summed E-state index contributed by atoms with van der Waals surface area (Å²) in [6.45, 7) is 7.42. The van der Waals surface area contributed by atoms with E-state index in [0.29, 0.717) is 6.04 Å². The fourth-order valence-corrected chi connectivity index (χ4v) is 2.31. The lowest BCUT2D eigenvalue weighted by atomic mass is 9.98. The Balaban J connectivity index is 2.29. The molecule has 1 nitrogen and oxygen atoms in total. The number of hydrogen-bond acceptors (Lipinski definition) is 1. The second-order valence-corrected chi connectivity index (χ2v) is 6.11. The molecule has 0 saturated heterocycles. The van der Waals surface area contributed by atoms with Gasteiger partial charge in [0.25, 0.3) is 0 Å². The van der Waals surface area contributed by atoms with E-state index in [1.54, 1.807) is 0 Å². The quantitative estimate of drug-likeness (QED) is 0.843. The van der Waals surface area contributed by atoms with Crippen LogP contribution in [0.5, 0.6) is 0 Å². The summed E-state index contributed by atoms with van der Waals surface area (Å²) in [7, 11) is 0. The average molecular weight is 318 g/mol. The molecule has 0 aromatic heterocycles. The standard InChI is InChI=1S/C17H20BrN/c1-12(2)19-11-14-5-4-13(3)17(10-14)15-6-8-16(18)9-7-15/h4-10,12,19H,11H2,1-3H3. The first-order chi connectivity index (χ1) is 9.06. The Morgan fingerprint density at radius 2 is 1.74 bits per heavy atom. The van der Waals surface area contributed by atoms with E-state index in [4.69, 9.17) is 0 Å². The van der Waals surface area contributed by atoms with Crippen molar-refractivity contribution in [1.82, 2.24) is 5.32 Å². The summed E-state index contributed by atoms with van der Waals surface area (Å²) in [5.74, 6) is 0. The molecule has 0 bridgehead atoms. The molecule has 100 valence electrons. The van der Waals surface area contributed by atoms with E-state index < -0.39 is 0 Å². The van der Waals surface area contributed by atoms with Crippen molar-refractivity contribution in [2.24, 2.45) is 0 Å². The molecule has 2 rings (SSSR count). The number of aryl methyl sites for hydroxylation is 1. The van der Waals surface area contributed by atoms with Crippen molar-refractivity contribution in [2.75, 3.05) is 0 Å². The summed E-state index contributed by atoms with van der Waals surface area (Å²) < 4.78 is 1.12. The van der Waals surface area contributed by atoms with Gasteiger partial charge < -0.3 is 5.32 Å². The van der Waals surface area contributed by atoms with Crippen LogP contribution in [-0.2, 0) is 6.54 Å². The molecule has 0 spiro atoms. The van der Waals surface area contributed by atoms with E-state index in [1.807, 2.05) is 0 Å². The zero-order valence-corrected chi connectivity index (χ0v) is 13.3. The minimum Gasteiger partial charge on any atom is -0.310 e. The summed E-state index contributed by atoms with van der Waals surface area (Å²) >= 11 is 3.48. The highest BCUT2D eigenvalue weighted by molar-refractivity contribution is 9.10. The molecule has 0 radical (unpaired) electrons. The fourth-order valence-electron chi connectivity index (χ4n) is 2.04. The molecule has 19 heavy (non-hydrogen) atoms. The van der Waals surface area contributed by atoms with Gasteiger partial charge in [-0.2, -0.15) is 0 Å². The summed E-state index contributed by atoms with van der Waals surface area (Å²) in [6, 6.07) is 15.7. The molecule has 0 amide bonds. The summed E-state index contributed by atoms with van der Waals surface area (Å²) in [4.78, 5) is 0. The highest BCUT2D eigenvalue weighted by atomic mass is 79.9.